The van der Waals surface area contributed by atoms with Crippen LogP contribution in [0.3, 0.4) is 0 Å². The number of rotatable bonds is 4. The van der Waals surface area contributed by atoms with Crippen LogP contribution in [0.25, 0.3) is 0 Å². The average molecular weight is 276 g/mol. The summed E-state index contributed by atoms with van der Waals surface area (Å²) in [5.74, 6) is 0.542. The summed E-state index contributed by atoms with van der Waals surface area (Å²) in [5.41, 5.74) is 3.02. The molecule has 1 N–H and O–H groups in total. The lowest BCUT2D eigenvalue weighted by atomic mass is 10.1. The molecular formula is C14H16N2O2S. The Kier molecular flexibility index (Phi) is 4.16. The second kappa shape index (κ2) is 5.84. The van der Waals surface area contributed by atoms with Crippen LogP contribution < -0.4 is 10.1 Å². The van der Waals surface area contributed by atoms with Gasteiger partial charge in [0.15, 0.2) is 11.7 Å². The van der Waals surface area contributed by atoms with E-state index in [1.807, 2.05) is 44.4 Å². The zero-order valence-corrected chi connectivity index (χ0v) is 12.0. The van der Waals surface area contributed by atoms with Crippen molar-refractivity contribution in [2.45, 2.75) is 20.8 Å². The number of carbonyl (C=O) groups is 1. The fourth-order valence-corrected chi connectivity index (χ4v) is 2.28. The van der Waals surface area contributed by atoms with Crippen LogP contribution in [0.15, 0.2) is 23.6 Å². The Morgan fingerprint density at radius 1 is 1.37 bits per heavy atom. The molecule has 4 nitrogen and oxygen atoms in total. The predicted octanol–water partition coefficient (Wildman–Crippen LogP) is 3.09. The van der Waals surface area contributed by atoms with Crippen LogP contribution in [0.5, 0.6) is 5.75 Å². The molecule has 1 aromatic heterocycles. The van der Waals surface area contributed by atoms with Gasteiger partial charge in [-0.25, -0.2) is 4.98 Å². The van der Waals surface area contributed by atoms with Gasteiger partial charge in [0.2, 0.25) is 0 Å². The smallest absolute Gasteiger partial charge is 0.264 e. The third kappa shape index (κ3) is 3.79. The minimum Gasteiger partial charge on any atom is -0.483 e. The van der Waals surface area contributed by atoms with Crippen molar-refractivity contribution in [2.24, 2.45) is 0 Å². The van der Waals surface area contributed by atoms with E-state index in [2.05, 4.69) is 10.3 Å². The fraction of sp³-hybridized carbons (Fsp3) is 0.286. The third-order valence-electron chi connectivity index (χ3n) is 2.57. The SMILES string of the molecule is Cc1ccc(C)c(OCC(=O)Nc2nc(C)cs2)c1. The van der Waals surface area contributed by atoms with Gasteiger partial charge in [0.25, 0.3) is 5.91 Å². The maximum Gasteiger partial charge on any atom is 0.264 e. The van der Waals surface area contributed by atoms with Gasteiger partial charge in [-0.15, -0.1) is 11.3 Å². The molecule has 1 heterocycles. The number of anilines is 1. The van der Waals surface area contributed by atoms with Gasteiger partial charge in [-0.05, 0) is 38.0 Å². The van der Waals surface area contributed by atoms with Gasteiger partial charge >= 0.3 is 0 Å². The van der Waals surface area contributed by atoms with Crippen LogP contribution in [0.2, 0.25) is 0 Å². The van der Waals surface area contributed by atoms with Crippen LogP contribution in [-0.4, -0.2) is 17.5 Å². The van der Waals surface area contributed by atoms with E-state index in [0.717, 1.165) is 22.6 Å². The molecule has 0 bridgehead atoms. The lowest BCUT2D eigenvalue weighted by molar-refractivity contribution is -0.118. The van der Waals surface area contributed by atoms with Gasteiger partial charge in [-0.2, -0.15) is 0 Å². The summed E-state index contributed by atoms with van der Waals surface area (Å²) in [6, 6.07) is 5.92. The molecule has 2 aromatic rings. The van der Waals surface area contributed by atoms with E-state index in [1.165, 1.54) is 11.3 Å². The van der Waals surface area contributed by atoms with Gasteiger partial charge in [-0.3, -0.25) is 10.1 Å². The highest BCUT2D eigenvalue weighted by molar-refractivity contribution is 7.13. The Labute approximate surface area is 116 Å². The first-order valence-corrected chi connectivity index (χ1v) is 6.84. The molecule has 0 spiro atoms. The first-order valence-electron chi connectivity index (χ1n) is 5.96. The quantitative estimate of drug-likeness (QED) is 0.933. The lowest BCUT2D eigenvalue weighted by Crippen LogP contribution is -2.20. The van der Waals surface area contributed by atoms with Gasteiger partial charge in [0, 0.05) is 5.38 Å². The molecule has 0 aliphatic carbocycles. The molecule has 5 heteroatoms. The first kappa shape index (κ1) is 13.5. The molecule has 1 aromatic carbocycles. The standard InChI is InChI=1S/C14H16N2O2S/c1-9-4-5-10(2)12(6-9)18-7-13(17)16-14-15-11(3)8-19-14/h4-6,8H,7H2,1-3H3,(H,15,16,17). The molecule has 0 unspecified atom stereocenters. The Bertz CT molecular complexity index is 593. The second-order valence-electron chi connectivity index (χ2n) is 4.40. The van der Waals surface area contributed by atoms with E-state index in [1.54, 1.807) is 0 Å². The summed E-state index contributed by atoms with van der Waals surface area (Å²) in [4.78, 5) is 15.9. The number of hydrogen-bond donors (Lipinski definition) is 1. The van der Waals surface area contributed by atoms with Crippen molar-refractivity contribution < 1.29 is 9.53 Å². The molecule has 0 atom stereocenters. The van der Waals surface area contributed by atoms with Gasteiger partial charge in [0.1, 0.15) is 5.75 Å². The summed E-state index contributed by atoms with van der Waals surface area (Å²) >= 11 is 1.41. The van der Waals surface area contributed by atoms with E-state index in [0.29, 0.717) is 5.13 Å². The summed E-state index contributed by atoms with van der Waals surface area (Å²) in [6.45, 7) is 5.82. The molecule has 0 radical (unpaired) electrons. The molecule has 2 rings (SSSR count). The van der Waals surface area contributed by atoms with E-state index in [4.69, 9.17) is 4.74 Å². The lowest BCUT2D eigenvalue weighted by Gasteiger charge is -2.09. The minimum absolute atomic E-state index is 0.0110. The number of benzene rings is 1. The number of nitrogens with one attached hydrogen (secondary N) is 1. The molecule has 0 aliphatic rings. The van der Waals surface area contributed by atoms with Crippen LogP contribution >= 0.6 is 11.3 Å². The Hall–Kier alpha value is -1.88. The number of amides is 1. The second-order valence-corrected chi connectivity index (χ2v) is 5.26. The Morgan fingerprint density at radius 2 is 2.16 bits per heavy atom. The average Bonchev–Trinajstić information content (AvgIpc) is 2.76. The largest absolute Gasteiger partial charge is 0.483 e. The number of carbonyl (C=O) groups excluding carboxylic acids is 1. The molecule has 0 aliphatic heterocycles. The zero-order chi connectivity index (χ0) is 13.8. The van der Waals surface area contributed by atoms with Crippen molar-refractivity contribution in [1.29, 1.82) is 0 Å². The molecule has 1 amide bonds. The summed E-state index contributed by atoms with van der Waals surface area (Å²) < 4.78 is 5.52. The van der Waals surface area contributed by atoms with E-state index < -0.39 is 0 Å². The summed E-state index contributed by atoms with van der Waals surface area (Å²) in [7, 11) is 0. The Balaban J connectivity index is 1.91. The van der Waals surface area contributed by atoms with Crippen LogP contribution in [0.4, 0.5) is 5.13 Å². The topological polar surface area (TPSA) is 51.2 Å². The monoisotopic (exact) mass is 276 g/mol. The molecule has 0 fully saturated rings. The van der Waals surface area contributed by atoms with E-state index in [9.17, 15) is 4.79 Å². The first-order chi connectivity index (χ1) is 9.04. The normalized spacial score (nSPS) is 10.3. The minimum atomic E-state index is -0.199. The van der Waals surface area contributed by atoms with E-state index in [-0.39, 0.29) is 12.5 Å². The molecule has 100 valence electrons. The predicted molar refractivity (Wildman–Crippen MR) is 76.9 cm³/mol. The zero-order valence-electron chi connectivity index (χ0n) is 11.2. The number of nitrogens with zero attached hydrogens (tertiary/aromatic N) is 1. The van der Waals surface area contributed by atoms with Crippen molar-refractivity contribution in [3.8, 4) is 5.75 Å². The molecule has 0 saturated heterocycles. The van der Waals surface area contributed by atoms with Crippen molar-refractivity contribution >= 4 is 22.4 Å². The summed E-state index contributed by atoms with van der Waals surface area (Å²) in [6.07, 6.45) is 0. The number of ether oxygens (including phenoxy) is 1. The maximum atomic E-state index is 11.7. The number of aryl methyl sites for hydroxylation is 3. The third-order valence-corrected chi connectivity index (χ3v) is 3.44. The summed E-state index contributed by atoms with van der Waals surface area (Å²) in [5, 5.41) is 5.20. The number of hydrogen-bond acceptors (Lipinski definition) is 4. The Morgan fingerprint density at radius 3 is 2.84 bits per heavy atom. The van der Waals surface area contributed by atoms with Crippen molar-refractivity contribution in [1.82, 2.24) is 4.98 Å². The van der Waals surface area contributed by atoms with Crippen molar-refractivity contribution in [2.75, 3.05) is 11.9 Å². The van der Waals surface area contributed by atoms with Gasteiger partial charge in [-0.1, -0.05) is 12.1 Å². The van der Waals surface area contributed by atoms with Crippen LogP contribution in [0, 0.1) is 20.8 Å². The molecule has 0 saturated carbocycles. The number of thiazole rings is 1. The van der Waals surface area contributed by atoms with Crippen molar-refractivity contribution in [3.05, 3.63) is 40.4 Å². The van der Waals surface area contributed by atoms with E-state index >= 15 is 0 Å². The van der Waals surface area contributed by atoms with Crippen LogP contribution in [-0.2, 0) is 4.79 Å². The number of aromatic nitrogens is 1. The van der Waals surface area contributed by atoms with Crippen LogP contribution in [0.1, 0.15) is 16.8 Å². The van der Waals surface area contributed by atoms with Gasteiger partial charge in [0.05, 0.1) is 5.69 Å². The highest BCUT2D eigenvalue weighted by Crippen LogP contribution is 2.19. The molecular weight excluding hydrogens is 260 g/mol. The van der Waals surface area contributed by atoms with Crippen molar-refractivity contribution in [3.63, 3.8) is 0 Å². The highest BCUT2D eigenvalue weighted by Gasteiger charge is 2.07. The highest BCUT2D eigenvalue weighted by atomic mass is 32.1. The molecule has 19 heavy (non-hydrogen) atoms. The fourth-order valence-electron chi connectivity index (χ4n) is 1.57. The maximum absolute atomic E-state index is 11.7. The van der Waals surface area contributed by atoms with Gasteiger partial charge < -0.3 is 4.74 Å².